The van der Waals surface area contributed by atoms with Gasteiger partial charge in [0.25, 0.3) is 5.69 Å². The first-order chi connectivity index (χ1) is 11.7. The summed E-state index contributed by atoms with van der Waals surface area (Å²) >= 11 is 0. The predicted molar refractivity (Wildman–Crippen MR) is 97.3 cm³/mol. The van der Waals surface area contributed by atoms with Crippen molar-refractivity contribution in [2.45, 2.75) is 31.7 Å². The van der Waals surface area contributed by atoms with Crippen molar-refractivity contribution >= 4 is 34.1 Å². The fourth-order valence-corrected chi connectivity index (χ4v) is 4.27. The van der Waals surface area contributed by atoms with Crippen LogP contribution in [0, 0.1) is 17.0 Å². The molecule has 0 saturated carbocycles. The smallest absolute Gasteiger partial charge is 0.338 e. The zero-order valence-corrected chi connectivity index (χ0v) is 16.4. The molecule has 1 N–H and O–H groups in total. The Morgan fingerprint density at radius 3 is 2.65 bits per heavy atom. The number of carbonyl (C=O) groups is 1. The van der Waals surface area contributed by atoms with E-state index in [0.717, 1.165) is 12.1 Å². The van der Waals surface area contributed by atoms with Crippen molar-refractivity contribution in [3.05, 3.63) is 33.4 Å². The van der Waals surface area contributed by atoms with Crippen LogP contribution in [0.2, 0.25) is 0 Å². The van der Waals surface area contributed by atoms with E-state index in [1.807, 2.05) is 6.92 Å². The number of ether oxygens (including phenoxy) is 1. The maximum absolute atomic E-state index is 12.9. The van der Waals surface area contributed by atoms with Gasteiger partial charge >= 0.3 is 5.97 Å². The van der Waals surface area contributed by atoms with Crippen LogP contribution in [-0.2, 0) is 14.8 Å². The van der Waals surface area contributed by atoms with E-state index < -0.39 is 26.6 Å². The van der Waals surface area contributed by atoms with E-state index in [1.165, 1.54) is 11.2 Å². The lowest BCUT2D eigenvalue weighted by Crippen LogP contribution is -2.51. The van der Waals surface area contributed by atoms with Crippen LogP contribution in [0.25, 0.3) is 0 Å². The van der Waals surface area contributed by atoms with Gasteiger partial charge in [0.2, 0.25) is 10.0 Å². The van der Waals surface area contributed by atoms with E-state index in [-0.39, 0.29) is 54.2 Å². The molecule has 0 amide bonds. The van der Waals surface area contributed by atoms with E-state index in [1.54, 1.807) is 6.92 Å². The first-order valence-corrected chi connectivity index (χ1v) is 9.32. The van der Waals surface area contributed by atoms with Crippen molar-refractivity contribution in [3.63, 3.8) is 0 Å². The van der Waals surface area contributed by atoms with Gasteiger partial charge in [-0.25, -0.2) is 13.2 Å². The van der Waals surface area contributed by atoms with Gasteiger partial charge in [-0.2, -0.15) is 4.31 Å². The monoisotopic (exact) mass is 407 g/mol. The first kappa shape index (κ1) is 22.3. The Hall–Kier alpha value is -1.75. The van der Waals surface area contributed by atoms with Gasteiger partial charge in [0.15, 0.2) is 0 Å². The molecule has 1 fully saturated rings. The lowest BCUT2D eigenvalue weighted by atomic mass is 10.1. The van der Waals surface area contributed by atoms with E-state index in [0.29, 0.717) is 6.54 Å². The molecule has 0 bridgehead atoms. The van der Waals surface area contributed by atoms with Crippen LogP contribution >= 0.6 is 12.4 Å². The number of halogens is 1. The Balaban J connectivity index is 0.00000338. The molecule has 0 aromatic heterocycles. The van der Waals surface area contributed by atoms with Crippen LogP contribution < -0.4 is 5.32 Å². The number of carbonyl (C=O) groups excluding carboxylic acids is 1. The van der Waals surface area contributed by atoms with Crippen molar-refractivity contribution in [3.8, 4) is 0 Å². The van der Waals surface area contributed by atoms with Crippen LogP contribution in [0.3, 0.4) is 0 Å². The number of rotatable bonds is 5. The maximum atomic E-state index is 12.9. The second-order valence-electron chi connectivity index (χ2n) is 5.81. The van der Waals surface area contributed by atoms with E-state index in [4.69, 9.17) is 4.74 Å². The Morgan fingerprint density at radius 2 is 2.12 bits per heavy atom. The van der Waals surface area contributed by atoms with E-state index in [9.17, 15) is 23.3 Å². The number of hydrogen-bond donors (Lipinski definition) is 1. The van der Waals surface area contributed by atoms with Gasteiger partial charge in [0.1, 0.15) is 0 Å². The van der Waals surface area contributed by atoms with Crippen LogP contribution in [0.15, 0.2) is 17.0 Å². The Labute approximate surface area is 158 Å². The molecule has 1 heterocycles. The maximum Gasteiger partial charge on any atom is 0.338 e. The van der Waals surface area contributed by atoms with Gasteiger partial charge in [-0.15, -0.1) is 12.4 Å². The number of benzene rings is 1. The number of nitrogens with zero attached hydrogens (tertiary/aromatic N) is 2. The summed E-state index contributed by atoms with van der Waals surface area (Å²) in [5, 5.41) is 14.4. The molecule has 26 heavy (non-hydrogen) atoms. The molecule has 1 aliphatic heterocycles. The highest BCUT2D eigenvalue weighted by Gasteiger charge is 2.32. The summed E-state index contributed by atoms with van der Waals surface area (Å²) in [4.78, 5) is 22.4. The Bertz CT molecular complexity index is 799. The minimum Gasteiger partial charge on any atom is -0.462 e. The largest absolute Gasteiger partial charge is 0.462 e. The van der Waals surface area contributed by atoms with Gasteiger partial charge in [-0.05, 0) is 26.8 Å². The minimum absolute atomic E-state index is 0. The Morgan fingerprint density at radius 1 is 1.46 bits per heavy atom. The molecule has 1 unspecified atom stereocenters. The standard InChI is InChI=1S/C15H21N3O6S.ClH/c1-4-24-15(19)13-7-12(8-14(11(13)3)18(20)21)25(22,23)17-6-5-16-10(2)9-17;/h7-8,10,16H,4-6,9H2,1-3H3;1H. The Kier molecular flexibility index (Phi) is 7.51. The topological polar surface area (TPSA) is 119 Å². The third-order valence-corrected chi connectivity index (χ3v) is 5.86. The highest BCUT2D eigenvalue weighted by atomic mass is 35.5. The molecule has 0 aliphatic carbocycles. The zero-order chi connectivity index (χ0) is 18.8. The number of hydrogen-bond acceptors (Lipinski definition) is 7. The SMILES string of the molecule is CCOC(=O)c1cc(S(=O)(=O)N2CCNC(C)C2)cc([N+](=O)[O-])c1C.Cl. The van der Waals surface area contributed by atoms with Crippen molar-refractivity contribution in [2.75, 3.05) is 26.2 Å². The quantitative estimate of drug-likeness (QED) is 0.446. The summed E-state index contributed by atoms with van der Waals surface area (Å²) in [6.07, 6.45) is 0. The molecule has 1 aromatic rings. The molecule has 1 aliphatic rings. The van der Waals surface area contributed by atoms with E-state index >= 15 is 0 Å². The number of sulfonamides is 1. The van der Waals surface area contributed by atoms with Gasteiger partial charge in [0.05, 0.1) is 22.0 Å². The third-order valence-electron chi connectivity index (χ3n) is 4.02. The number of piperazine rings is 1. The second-order valence-corrected chi connectivity index (χ2v) is 7.75. The summed E-state index contributed by atoms with van der Waals surface area (Å²) in [7, 11) is -3.96. The van der Waals surface area contributed by atoms with Crippen LogP contribution in [-0.4, -0.2) is 55.9 Å². The number of nitro groups is 1. The molecule has 9 nitrogen and oxygen atoms in total. The van der Waals surface area contributed by atoms with Gasteiger partial charge in [-0.1, -0.05) is 0 Å². The molecule has 2 rings (SSSR count). The molecular weight excluding hydrogens is 386 g/mol. The second kappa shape index (κ2) is 8.76. The van der Waals surface area contributed by atoms with Crippen molar-refractivity contribution in [2.24, 2.45) is 0 Å². The van der Waals surface area contributed by atoms with Crippen molar-refractivity contribution in [1.82, 2.24) is 9.62 Å². The zero-order valence-electron chi connectivity index (χ0n) is 14.7. The third kappa shape index (κ3) is 4.50. The van der Waals surface area contributed by atoms with Gasteiger partial charge in [0, 0.05) is 37.3 Å². The first-order valence-electron chi connectivity index (χ1n) is 7.88. The average molecular weight is 408 g/mol. The fourth-order valence-electron chi connectivity index (χ4n) is 2.70. The minimum atomic E-state index is -3.96. The predicted octanol–water partition coefficient (Wildman–Crippen LogP) is 1.48. The summed E-state index contributed by atoms with van der Waals surface area (Å²) in [5.41, 5.74) is -0.457. The normalized spacial score (nSPS) is 18.0. The molecule has 11 heteroatoms. The van der Waals surface area contributed by atoms with Crippen LogP contribution in [0.1, 0.15) is 29.8 Å². The lowest BCUT2D eigenvalue weighted by Gasteiger charge is -2.31. The highest BCUT2D eigenvalue weighted by molar-refractivity contribution is 7.89. The average Bonchev–Trinajstić information content (AvgIpc) is 2.54. The number of nitrogens with one attached hydrogen (secondary N) is 1. The lowest BCUT2D eigenvalue weighted by molar-refractivity contribution is -0.385. The highest BCUT2D eigenvalue weighted by Crippen LogP contribution is 2.29. The molecule has 1 saturated heterocycles. The summed E-state index contributed by atoms with van der Waals surface area (Å²) < 4.78 is 31.9. The number of nitro benzene ring substituents is 1. The van der Waals surface area contributed by atoms with Crippen LogP contribution in [0.4, 0.5) is 5.69 Å². The molecule has 146 valence electrons. The molecule has 1 atom stereocenters. The summed E-state index contributed by atoms with van der Waals surface area (Å²) in [6.45, 7) is 5.92. The van der Waals surface area contributed by atoms with Gasteiger partial charge in [-0.3, -0.25) is 10.1 Å². The summed E-state index contributed by atoms with van der Waals surface area (Å²) in [5.74, 6) is -0.783. The molecular formula is C15H22ClN3O6S. The van der Waals surface area contributed by atoms with Crippen molar-refractivity contribution in [1.29, 1.82) is 0 Å². The van der Waals surface area contributed by atoms with Crippen LogP contribution in [0.5, 0.6) is 0 Å². The van der Waals surface area contributed by atoms with Crippen molar-refractivity contribution < 1.29 is 22.9 Å². The molecule has 0 spiro atoms. The number of esters is 1. The van der Waals surface area contributed by atoms with E-state index in [2.05, 4.69) is 5.32 Å². The fraction of sp³-hybridized carbons (Fsp3) is 0.533. The molecule has 0 radical (unpaired) electrons. The summed E-state index contributed by atoms with van der Waals surface area (Å²) in [6, 6.07) is 2.12. The molecule has 1 aromatic carbocycles. The van der Waals surface area contributed by atoms with Gasteiger partial charge < -0.3 is 10.1 Å².